The van der Waals surface area contributed by atoms with Gasteiger partial charge in [-0.3, -0.25) is 0 Å². The van der Waals surface area contributed by atoms with Crippen molar-refractivity contribution in [2.75, 3.05) is 0 Å². The van der Waals surface area contributed by atoms with Crippen molar-refractivity contribution in [1.29, 1.82) is 0 Å². The summed E-state index contributed by atoms with van der Waals surface area (Å²) in [5, 5.41) is 26.2. The van der Waals surface area contributed by atoms with Crippen LogP contribution in [0, 0.1) is 17.0 Å². The summed E-state index contributed by atoms with van der Waals surface area (Å²) in [6, 6.07) is 12.0. The third kappa shape index (κ3) is 1.30. The Kier molecular flexibility index (Phi) is 2.11. The fraction of sp³-hybridized carbons (Fsp3) is 0.250. The third-order valence-electron chi connectivity index (χ3n) is 6.09. The van der Waals surface area contributed by atoms with Crippen LogP contribution in [0.4, 0.5) is 0 Å². The molecule has 1 fully saturated rings. The highest BCUT2D eigenvalue weighted by atomic mass is 16.5. The molecule has 118 valence electrons. The topological polar surface area (TPSA) is 52.1 Å². The van der Waals surface area contributed by atoms with Crippen LogP contribution in [0.1, 0.15) is 24.6 Å². The smallest absolute Gasteiger partial charge is 0.304 e. The average Bonchev–Trinajstić information content (AvgIpc) is 3.33. The Balaban J connectivity index is 1.66. The molecule has 2 bridgehead atoms. The van der Waals surface area contributed by atoms with Crippen LogP contribution in [0.15, 0.2) is 48.6 Å². The zero-order valence-electron chi connectivity index (χ0n) is 13.0. The lowest BCUT2D eigenvalue weighted by molar-refractivity contribution is -0.606. The monoisotopic (exact) mass is 316 g/mol. The minimum Gasteiger partial charge on any atom is -0.710 e. The number of nitrogens with zero attached hydrogens (tertiary/aromatic N) is 2. The first-order valence-corrected chi connectivity index (χ1v) is 8.52. The van der Waals surface area contributed by atoms with E-state index in [1.54, 1.807) is 0 Å². The maximum atomic E-state index is 13.2. The summed E-state index contributed by atoms with van der Waals surface area (Å²) in [5.74, 6) is 1.55. The first-order chi connectivity index (χ1) is 11.7. The van der Waals surface area contributed by atoms with Gasteiger partial charge in [0.25, 0.3) is 0 Å². The molecular formula is C20H16N2O2. The molecule has 0 aliphatic heterocycles. The molecule has 0 amide bonds. The summed E-state index contributed by atoms with van der Waals surface area (Å²) in [4.78, 5) is 0. The number of hydrogen-bond acceptors (Lipinski definition) is 2. The molecule has 1 aromatic heterocycles. The predicted molar refractivity (Wildman–Crippen MR) is 90.6 cm³/mol. The molecule has 1 saturated carbocycles. The van der Waals surface area contributed by atoms with E-state index < -0.39 is 0 Å². The summed E-state index contributed by atoms with van der Waals surface area (Å²) in [6.45, 7) is 0. The molecule has 3 aliphatic carbocycles. The molecule has 4 heteroatoms. The maximum absolute atomic E-state index is 13.2. The standard InChI is InChI=1S/C20H16N2O2/c23-21-18-14-5-1-3-12-4-2-6-15(17(12)14)19(18)22(24)20(21)16-10-11-7-8-13(16)9-11/h1-8,11,13,16,23H,9-10H2/t11-,13+,16-/m1/s1. The fourth-order valence-electron chi connectivity index (χ4n) is 5.11. The Morgan fingerprint density at radius 3 is 2.54 bits per heavy atom. The van der Waals surface area contributed by atoms with Gasteiger partial charge in [0.2, 0.25) is 5.69 Å². The molecule has 1 N–H and O–H groups in total. The lowest BCUT2D eigenvalue weighted by Gasteiger charge is -2.17. The van der Waals surface area contributed by atoms with Crippen LogP contribution in [-0.2, 0) is 0 Å². The van der Waals surface area contributed by atoms with Gasteiger partial charge >= 0.3 is 5.82 Å². The minimum atomic E-state index is 0.111. The van der Waals surface area contributed by atoms with Gasteiger partial charge in [-0.1, -0.05) is 36.4 Å². The highest BCUT2D eigenvalue weighted by Crippen LogP contribution is 2.51. The van der Waals surface area contributed by atoms with Crippen LogP contribution >= 0.6 is 0 Å². The molecular weight excluding hydrogens is 300 g/mol. The molecule has 6 rings (SSSR count). The molecule has 3 atom stereocenters. The summed E-state index contributed by atoms with van der Waals surface area (Å²) >= 11 is 0. The zero-order chi connectivity index (χ0) is 16.0. The summed E-state index contributed by atoms with van der Waals surface area (Å²) in [6.07, 6.45) is 6.53. The van der Waals surface area contributed by atoms with E-state index in [2.05, 4.69) is 12.2 Å². The average molecular weight is 316 g/mol. The Hall–Kier alpha value is -2.75. The normalized spacial score (nSPS) is 25.8. The number of benzene rings is 2. The van der Waals surface area contributed by atoms with E-state index in [1.807, 2.05) is 36.4 Å². The molecule has 24 heavy (non-hydrogen) atoms. The second-order valence-electron chi connectivity index (χ2n) is 7.26. The molecule has 0 spiro atoms. The van der Waals surface area contributed by atoms with Gasteiger partial charge in [0.05, 0.1) is 5.92 Å². The van der Waals surface area contributed by atoms with Crippen LogP contribution in [0.25, 0.3) is 33.3 Å². The first-order valence-electron chi connectivity index (χ1n) is 8.52. The quantitative estimate of drug-likeness (QED) is 0.251. The molecule has 0 saturated heterocycles. The third-order valence-corrected chi connectivity index (χ3v) is 6.09. The predicted octanol–water partition coefficient (Wildman–Crippen LogP) is 3.84. The Morgan fingerprint density at radius 2 is 1.83 bits per heavy atom. The Bertz CT molecular complexity index is 1000. The molecule has 2 aromatic carbocycles. The number of imidazole rings is 1. The molecule has 4 nitrogen and oxygen atoms in total. The number of hydrogen-bond donors (Lipinski definition) is 1. The minimum absolute atomic E-state index is 0.111. The summed E-state index contributed by atoms with van der Waals surface area (Å²) in [5.41, 5.74) is 3.14. The van der Waals surface area contributed by atoms with Gasteiger partial charge in [0, 0.05) is 16.5 Å². The van der Waals surface area contributed by atoms with E-state index in [0.717, 1.165) is 39.5 Å². The van der Waals surface area contributed by atoms with Gasteiger partial charge in [-0.05, 0) is 46.9 Å². The van der Waals surface area contributed by atoms with E-state index in [0.29, 0.717) is 29.0 Å². The number of fused-ring (bicyclic) bond motifs is 5. The second kappa shape index (κ2) is 4.01. The molecule has 1 heterocycles. The van der Waals surface area contributed by atoms with Crippen molar-refractivity contribution >= 4 is 10.8 Å². The Labute approximate surface area is 138 Å². The number of rotatable bonds is 1. The van der Waals surface area contributed by atoms with Crippen molar-refractivity contribution in [2.24, 2.45) is 11.8 Å². The number of aromatic nitrogens is 2. The summed E-state index contributed by atoms with van der Waals surface area (Å²) in [7, 11) is 0. The molecule has 0 unspecified atom stereocenters. The van der Waals surface area contributed by atoms with E-state index in [-0.39, 0.29) is 5.92 Å². The zero-order valence-corrected chi connectivity index (χ0v) is 13.0. The van der Waals surface area contributed by atoms with E-state index in [9.17, 15) is 10.4 Å². The van der Waals surface area contributed by atoms with Crippen LogP contribution in [0.5, 0.6) is 0 Å². The van der Waals surface area contributed by atoms with Gasteiger partial charge in [-0.15, -0.1) is 0 Å². The van der Waals surface area contributed by atoms with Crippen LogP contribution < -0.4 is 4.73 Å². The van der Waals surface area contributed by atoms with Crippen LogP contribution in [0.3, 0.4) is 0 Å². The van der Waals surface area contributed by atoms with Crippen molar-refractivity contribution in [3.05, 3.63) is 59.6 Å². The summed E-state index contributed by atoms with van der Waals surface area (Å²) < 4.78 is 2.17. The van der Waals surface area contributed by atoms with Gasteiger partial charge < -0.3 is 10.4 Å². The fourth-order valence-corrected chi connectivity index (χ4v) is 5.11. The highest BCUT2D eigenvalue weighted by molar-refractivity contribution is 6.12. The lowest BCUT2D eigenvalue weighted by Crippen LogP contribution is -2.35. The maximum Gasteiger partial charge on any atom is 0.304 e. The van der Waals surface area contributed by atoms with Crippen molar-refractivity contribution in [3.8, 4) is 22.5 Å². The lowest BCUT2D eigenvalue weighted by atomic mass is 9.93. The van der Waals surface area contributed by atoms with Crippen molar-refractivity contribution in [2.45, 2.75) is 18.8 Å². The molecule has 0 radical (unpaired) electrons. The second-order valence-corrected chi connectivity index (χ2v) is 7.26. The number of allylic oxidation sites excluding steroid dienone is 2. The van der Waals surface area contributed by atoms with Gasteiger partial charge in [0.1, 0.15) is 0 Å². The van der Waals surface area contributed by atoms with Crippen LogP contribution in [0.2, 0.25) is 0 Å². The van der Waals surface area contributed by atoms with Crippen molar-refractivity contribution in [3.63, 3.8) is 0 Å². The van der Waals surface area contributed by atoms with E-state index in [1.165, 1.54) is 4.73 Å². The van der Waals surface area contributed by atoms with Crippen LogP contribution in [-0.4, -0.2) is 9.94 Å². The van der Waals surface area contributed by atoms with E-state index in [4.69, 9.17) is 0 Å². The van der Waals surface area contributed by atoms with Crippen molar-refractivity contribution < 1.29 is 9.94 Å². The first kappa shape index (κ1) is 12.6. The highest BCUT2D eigenvalue weighted by Gasteiger charge is 2.46. The van der Waals surface area contributed by atoms with Gasteiger partial charge in [-0.25, -0.2) is 4.73 Å². The van der Waals surface area contributed by atoms with E-state index >= 15 is 0 Å². The van der Waals surface area contributed by atoms with Gasteiger partial charge in [0.15, 0.2) is 5.69 Å². The largest absolute Gasteiger partial charge is 0.710 e. The molecule has 3 aliphatic rings. The van der Waals surface area contributed by atoms with Gasteiger partial charge in [-0.2, -0.15) is 0 Å². The Morgan fingerprint density at radius 1 is 1.04 bits per heavy atom. The van der Waals surface area contributed by atoms with Crippen molar-refractivity contribution in [1.82, 2.24) is 4.73 Å². The SMILES string of the molecule is [O-][n+]1c2c(n(O)c1[C@@H]1C[C@@H]3C=C[C@H]1C3)-c1cccc3cccc-2c13. The molecule has 3 aromatic rings.